The average molecular weight is 349 g/mol. The molecule has 1 aromatic carbocycles. The molecule has 1 aromatic rings. The first-order valence-electron chi connectivity index (χ1n) is 8.54. The van der Waals surface area contributed by atoms with E-state index in [-0.39, 0.29) is 23.5 Å². The lowest BCUT2D eigenvalue weighted by Gasteiger charge is -2.45. The Kier molecular flexibility index (Phi) is 3.91. The van der Waals surface area contributed by atoms with Crippen LogP contribution >= 0.6 is 11.6 Å². The molecule has 5 nitrogen and oxygen atoms in total. The van der Waals surface area contributed by atoms with Crippen LogP contribution in [0.2, 0.25) is 5.02 Å². The quantitative estimate of drug-likeness (QED) is 0.894. The van der Waals surface area contributed by atoms with Gasteiger partial charge in [-0.05, 0) is 49.3 Å². The normalized spacial score (nSPS) is 30.0. The summed E-state index contributed by atoms with van der Waals surface area (Å²) in [6, 6.07) is 8.03. The van der Waals surface area contributed by atoms with Crippen molar-refractivity contribution in [2.45, 2.75) is 37.1 Å². The third kappa shape index (κ3) is 2.86. The van der Waals surface area contributed by atoms with Crippen molar-refractivity contribution in [3.05, 3.63) is 34.9 Å². The van der Waals surface area contributed by atoms with Crippen molar-refractivity contribution in [2.24, 2.45) is 5.92 Å². The number of alkyl carbamates (subject to hydrolysis) is 1. The lowest BCUT2D eigenvalue weighted by molar-refractivity contribution is -0.142. The van der Waals surface area contributed by atoms with E-state index in [1.54, 1.807) is 0 Å². The summed E-state index contributed by atoms with van der Waals surface area (Å²) in [4.78, 5) is 25.8. The van der Waals surface area contributed by atoms with Crippen molar-refractivity contribution in [2.75, 3.05) is 19.7 Å². The lowest BCUT2D eigenvalue weighted by atomic mass is 9.68. The summed E-state index contributed by atoms with van der Waals surface area (Å²) in [5.41, 5.74) is 0.985. The number of carbonyl (C=O) groups is 2. The summed E-state index contributed by atoms with van der Waals surface area (Å²) in [5.74, 6) is 0.726. The van der Waals surface area contributed by atoms with Gasteiger partial charge in [0.1, 0.15) is 6.61 Å². The van der Waals surface area contributed by atoms with Gasteiger partial charge >= 0.3 is 6.09 Å². The summed E-state index contributed by atoms with van der Waals surface area (Å²) in [6.07, 6.45) is 2.99. The molecule has 128 valence electrons. The second-order valence-electron chi connectivity index (χ2n) is 7.24. The standard InChI is InChI=1S/C18H21ClN2O3/c19-15-3-1-2-13(8-15)12-4-6-21(7-5-12)16(22)14-9-18(10-14)11-24-17(23)20-18/h1-3,8,12,14H,4-7,9-11H2,(H,20,23)/t14-,18+. The van der Waals surface area contributed by atoms with E-state index in [0.717, 1.165) is 31.0 Å². The number of likely N-dealkylation sites (tertiary alicyclic amines) is 1. The maximum atomic E-state index is 12.7. The van der Waals surface area contributed by atoms with Crippen molar-refractivity contribution in [3.63, 3.8) is 0 Å². The Labute approximate surface area is 146 Å². The van der Waals surface area contributed by atoms with Crippen molar-refractivity contribution in [1.29, 1.82) is 0 Å². The molecule has 0 unspecified atom stereocenters. The lowest BCUT2D eigenvalue weighted by Crippen LogP contribution is -2.58. The predicted molar refractivity (Wildman–Crippen MR) is 89.9 cm³/mol. The van der Waals surface area contributed by atoms with Crippen LogP contribution in [0.4, 0.5) is 4.79 Å². The molecule has 1 aliphatic carbocycles. The van der Waals surface area contributed by atoms with Crippen molar-refractivity contribution < 1.29 is 14.3 Å². The second-order valence-corrected chi connectivity index (χ2v) is 7.68. The van der Waals surface area contributed by atoms with Gasteiger partial charge in [-0.25, -0.2) is 4.79 Å². The van der Waals surface area contributed by atoms with Gasteiger partial charge in [0, 0.05) is 24.0 Å². The fraction of sp³-hybridized carbons (Fsp3) is 0.556. The number of piperidine rings is 1. The smallest absolute Gasteiger partial charge is 0.407 e. The summed E-state index contributed by atoms with van der Waals surface area (Å²) in [6.45, 7) is 1.98. The number of nitrogens with zero attached hydrogens (tertiary/aromatic N) is 1. The van der Waals surface area contributed by atoms with Crippen LogP contribution in [0.25, 0.3) is 0 Å². The molecule has 4 rings (SSSR count). The highest BCUT2D eigenvalue weighted by molar-refractivity contribution is 6.30. The van der Waals surface area contributed by atoms with Crippen LogP contribution < -0.4 is 5.32 Å². The van der Waals surface area contributed by atoms with Crippen LogP contribution in [0.15, 0.2) is 24.3 Å². The number of nitrogens with one attached hydrogen (secondary N) is 1. The van der Waals surface area contributed by atoms with Crippen LogP contribution in [-0.4, -0.2) is 42.1 Å². The number of hydrogen-bond donors (Lipinski definition) is 1. The molecule has 3 aliphatic rings. The Morgan fingerprint density at radius 2 is 2.04 bits per heavy atom. The highest BCUT2D eigenvalue weighted by Crippen LogP contribution is 2.42. The first-order chi connectivity index (χ1) is 11.5. The number of amides is 2. The first-order valence-corrected chi connectivity index (χ1v) is 8.92. The zero-order chi connectivity index (χ0) is 16.7. The van der Waals surface area contributed by atoms with Gasteiger partial charge in [0.15, 0.2) is 0 Å². The zero-order valence-corrected chi connectivity index (χ0v) is 14.2. The van der Waals surface area contributed by atoms with Crippen molar-refractivity contribution in [1.82, 2.24) is 10.2 Å². The molecule has 6 heteroatoms. The number of halogens is 1. The van der Waals surface area contributed by atoms with Gasteiger partial charge in [0.25, 0.3) is 0 Å². The molecular formula is C18H21ClN2O3. The molecule has 1 saturated carbocycles. The maximum absolute atomic E-state index is 12.7. The van der Waals surface area contributed by atoms with E-state index in [2.05, 4.69) is 11.4 Å². The van der Waals surface area contributed by atoms with Gasteiger partial charge in [0.05, 0.1) is 5.54 Å². The molecule has 2 amide bonds. The predicted octanol–water partition coefficient (Wildman–Crippen LogP) is 2.93. The molecule has 0 bridgehead atoms. The number of carbonyl (C=O) groups excluding carboxylic acids is 2. The largest absolute Gasteiger partial charge is 0.447 e. The molecule has 24 heavy (non-hydrogen) atoms. The molecular weight excluding hydrogens is 328 g/mol. The summed E-state index contributed by atoms with van der Waals surface area (Å²) >= 11 is 6.08. The van der Waals surface area contributed by atoms with E-state index in [4.69, 9.17) is 16.3 Å². The molecule has 0 atom stereocenters. The van der Waals surface area contributed by atoms with E-state index in [1.807, 2.05) is 23.1 Å². The molecule has 2 saturated heterocycles. The Hall–Kier alpha value is -1.75. The van der Waals surface area contributed by atoms with Crippen molar-refractivity contribution >= 4 is 23.6 Å². The van der Waals surface area contributed by atoms with Crippen LogP contribution in [0.5, 0.6) is 0 Å². The SMILES string of the molecule is O=C1N[C@]2(CO1)C[C@H](C(=O)N1CCC(c3cccc(Cl)c3)CC1)C2. The topological polar surface area (TPSA) is 58.6 Å². The molecule has 1 N–H and O–H groups in total. The Morgan fingerprint density at radius 1 is 1.29 bits per heavy atom. The van der Waals surface area contributed by atoms with E-state index >= 15 is 0 Å². The average Bonchev–Trinajstić information content (AvgIpc) is 2.95. The zero-order valence-electron chi connectivity index (χ0n) is 13.5. The highest BCUT2D eigenvalue weighted by Gasteiger charge is 2.53. The van der Waals surface area contributed by atoms with Gasteiger partial charge in [0.2, 0.25) is 5.91 Å². The summed E-state index contributed by atoms with van der Waals surface area (Å²) in [7, 11) is 0. The minimum absolute atomic E-state index is 0.0229. The number of benzene rings is 1. The van der Waals surface area contributed by atoms with E-state index < -0.39 is 0 Å². The molecule has 0 radical (unpaired) electrons. The first kappa shape index (κ1) is 15.8. The number of ether oxygens (including phenoxy) is 1. The van der Waals surface area contributed by atoms with Gasteiger partial charge in [-0.15, -0.1) is 0 Å². The number of hydrogen-bond acceptors (Lipinski definition) is 3. The number of cyclic esters (lactones) is 1. The monoisotopic (exact) mass is 348 g/mol. The van der Waals surface area contributed by atoms with Gasteiger partial charge in [-0.1, -0.05) is 23.7 Å². The third-order valence-corrected chi connectivity index (χ3v) is 5.83. The van der Waals surface area contributed by atoms with E-state index in [9.17, 15) is 9.59 Å². The Balaban J connectivity index is 1.30. The van der Waals surface area contributed by atoms with E-state index in [0.29, 0.717) is 25.4 Å². The third-order valence-electron chi connectivity index (χ3n) is 5.60. The minimum Gasteiger partial charge on any atom is -0.447 e. The second kappa shape index (κ2) is 5.96. The molecule has 0 aromatic heterocycles. The van der Waals surface area contributed by atoms with Crippen LogP contribution in [0, 0.1) is 5.92 Å². The minimum atomic E-state index is -0.358. The Bertz CT molecular complexity index is 664. The number of rotatable bonds is 2. The fourth-order valence-electron chi connectivity index (χ4n) is 4.22. The highest BCUT2D eigenvalue weighted by atomic mass is 35.5. The molecule has 3 fully saturated rings. The Morgan fingerprint density at radius 3 is 2.67 bits per heavy atom. The summed E-state index contributed by atoms with van der Waals surface area (Å²) in [5, 5.41) is 3.61. The van der Waals surface area contributed by atoms with Crippen LogP contribution in [-0.2, 0) is 9.53 Å². The summed E-state index contributed by atoms with van der Waals surface area (Å²) < 4.78 is 4.97. The van der Waals surface area contributed by atoms with Crippen molar-refractivity contribution in [3.8, 4) is 0 Å². The fourth-order valence-corrected chi connectivity index (χ4v) is 4.42. The van der Waals surface area contributed by atoms with E-state index in [1.165, 1.54) is 5.56 Å². The molecule has 1 spiro atoms. The van der Waals surface area contributed by atoms with Gasteiger partial charge in [-0.2, -0.15) is 0 Å². The van der Waals surface area contributed by atoms with Crippen LogP contribution in [0.3, 0.4) is 0 Å². The van der Waals surface area contributed by atoms with Crippen LogP contribution in [0.1, 0.15) is 37.2 Å². The maximum Gasteiger partial charge on any atom is 0.407 e. The molecule has 2 heterocycles. The van der Waals surface area contributed by atoms with Gasteiger partial charge in [-0.3, -0.25) is 4.79 Å². The van der Waals surface area contributed by atoms with Gasteiger partial charge < -0.3 is 15.0 Å². The molecule has 2 aliphatic heterocycles.